The van der Waals surface area contributed by atoms with E-state index >= 15 is 0 Å². The zero-order valence-electron chi connectivity index (χ0n) is 10.2. The Labute approximate surface area is 119 Å². The molecule has 1 saturated heterocycles. The van der Waals surface area contributed by atoms with Crippen LogP contribution in [0, 0.1) is 0 Å². The second-order valence-corrected chi connectivity index (χ2v) is 5.17. The molecule has 2 heterocycles. The van der Waals surface area contributed by atoms with Gasteiger partial charge in [0.15, 0.2) is 0 Å². The third-order valence-corrected chi connectivity index (χ3v) is 3.43. The molecule has 0 aliphatic carbocycles. The highest BCUT2D eigenvalue weighted by molar-refractivity contribution is 9.10. The largest absolute Gasteiger partial charge is 0.438 e. The molecule has 10 heteroatoms. The van der Waals surface area contributed by atoms with Gasteiger partial charge in [0, 0.05) is 19.2 Å². The average molecular weight is 355 g/mol. The molecule has 2 rings (SSSR count). The molecule has 2 N–H and O–H groups in total. The Morgan fingerprint density at radius 1 is 1.65 bits per heavy atom. The molecule has 20 heavy (non-hydrogen) atoms. The summed E-state index contributed by atoms with van der Waals surface area (Å²) in [4.78, 5) is 12.2. The predicted octanol–water partition coefficient (Wildman–Crippen LogP) is 1.30. The van der Waals surface area contributed by atoms with Crippen molar-refractivity contribution in [3.05, 3.63) is 28.6 Å². The lowest BCUT2D eigenvalue weighted by atomic mass is 10.1. The minimum absolute atomic E-state index is 0.114. The molecule has 1 aliphatic heterocycles. The number of rotatable bonds is 1. The van der Waals surface area contributed by atoms with Crippen LogP contribution in [-0.4, -0.2) is 37.7 Å². The number of amides is 1. The Bertz CT molecular complexity index is 566. The van der Waals surface area contributed by atoms with Gasteiger partial charge in [-0.1, -0.05) is 6.58 Å². The maximum absolute atomic E-state index is 13.0. The monoisotopic (exact) mass is 354 g/mol. The van der Waals surface area contributed by atoms with Crippen molar-refractivity contribution in [3.63, 3.8) is 0 Å². The van der Waals surface area contributed by atoms with Crippen molar-refractivity contribution in [1.29, 1.82) is 0 Å². The number of nitrogens with one attached hydrogen (secondary N) is 1. The highest BCUT2D eigenvalue weighted by Gasteiger charge is 2.63. The van der Waals surface area contributed by atoms with Gasteiger partial charge < -0.3 is 5.11 Å². The van der Waals surface area contributed by atoms with Crippen LogP contribution in [0.1, 0.15) is 16.9 Å². The lowest BCUT2D eigenvalue weighted by Gasteiger charge is -2.33. The number of halogens is 4. The second-order valence-electron chi connectivity index (χ2n) is 4.31. The van der Waals surface area contributed by atoms with Crippen molar-refractivity contribution in [2.75, 3.05) is 0 Å². The molecule has 1 aromatic heterocycles. The number of aromatic nitrogens is 2. The van der Waals surface area contributed by atoms with Crippen LogP contribution in [0.4, 0.5) is 13.2 Å². The van der Waals surface area contributed by atoms with Crippen LogP contribution >= 0.6 is 15.9 Å². The second kappa shape index (κ2) is 4.48. The summed E-state index contributed by atoms with van der Waals surface area (Å²) in [6.07, 6.45) is -4.59. The SMILES string of the molecule is C=C1CC(O)(C(F)(F)F)N(C(=O)c2c(Br)cnn2C)N1. The Kier molecular flexibility index (Phi) is 3.33. The summed E-state index contributed by atoms with van der Waals surface area (Å²) in [6, 6.07) is 0. The first kappa shape index (κ1) is 14.9. The minimum atomic E-state index is -5.03. The summed E-state index contributed by atoms with van der Waals surface area (Å²) in [5.41, 5.74) is -1.44. The normalized spacial score (nSPS) is 23.1. The predicted molar refractivity (Wildman–Crippen MR) is 65.0 cm³/mol. The lowest BCUT2D eigenvalue weighted by Crippen LogP contribution is -2.60. The van der Waals surface area contributed by atoms with E-state index in [1.165, 1.54) is 13.2 Å². The molecule has 110 valence electrons. The maximum atomic E-state index is 13.0. The van der Waals surface area contributed by atoms with Crippen molar-refractivity contribution in [3.8, 4) is 0 Å². The smallest absolute Gasteiger partial charge is 0.362 e. The van der Waals surface area contributed by atoms with E-state index in [4.69, 9.17) is 0 Å². The molecule has 1 atom stereocenters. The van der Waals surface area contributed by atoms with Crippen LogP contribution in [0.3, 0.4) is 0 Å². The van der Waals surface area contributed by atoms with E-state index < -0.39 is 24.2 Å². The maximum Gasteiger partial charge on any atom is 0.438 e. The topological polar surface area (TPSA) is 70.4 Å². The summed E-state index contributed by atoms with van der Waals surface area (Å²) in [5, 5.41) is 13.7. The van der Waals surface area contributed by atoms with Gasteiger partial charge in [-0.3, -0.25) is 14.9 Å². The molecule has 0 saturated carbocycles. The van der Waals surface area contributed by atoms with Crippen molar-refractivity contribution < 1.29 is 23.1 Å². The molecule has 6 nitrogen and oxygen atoms in total. The van der Waals surface area contributed by atoms with E-state index in [0.717, 1.165) is 4.68 Å². The molecule has 1 fully saturated rings. The van der Waals surface area contributed by atoms with E-state index in [1.807, 2.05) is 0 Å². The molecule has 0 bridgehead atoms. The Morgan fingerprint density at radius 3 is 2.70 bits per heavy atom. The number of nitrogens with zero attached hydrogens (tertiary/aromatic N) is 3. The first-order valence-electron chi connectivity index (χ1n) is 5.33. The van der Waals surface area contributed by atoms with Gasteiger partial charge in [0.25, 0.3) is 11.6 Å². The van der Waals surface area contributed by atoms with Gasteiger partial charge in [0.2, 0.25) is 0 Å². The van der Waals surface area contributed by atoms with Crippen LogP contribution in [0.15, 0.2) is 22.9 Å². The number of carbonyl (C=O) groups excluding carboxylic acids is 1. The van der Waals surface area contributed by atoms with Crippen LogP contribution in [-0.2, 0) is 7.05 Å². The molecule has 1 amide bonds. The van der Waals surface area contributed by atoms with E-state index in [9.17, 15) is 23.1 Å². The molecule has 0 spiro atoms. The lowest BCUT2D eigenvalue weighted by molar-refractivity contribution is -0.299. The van der Waals surface area contributed by atoms with Gasteiger partial charge in [-0.2, -0.15) is 18.3 Å². The number of hydrogen-bond donors (Lipinski definition) is 2. The first-order chi connectivity index (χ1) is 9.08. The number of carbonyl (C=O) groups is 1. The fraction of sp³-hybridized carbons (Fsp3) is 0.400. The molecular weight excluding hydrogens is 345 g/mol. The van der Waals surface area contributed by atoms with Gasteiger partial charge in [-0.25, -0.2) is 5.01 Å². The summed E-state index contributed by atoms with van der Waals surface area (Å²) in [6.45, 7) is 3.32. The Balaban J connectivity index is 2.46. The number of aliphatic hydroxyl groups is 1. The van der Waals surface area contributed by atoms with Crippen LogP contribution < -0.4 is 5.43 Å². The van der Waals surface area contributed by atoms with E-state index in [2.05, 4.69) is 33.0 Å². The summed E-state index contributed by atoms with van der Waals surface area (Å²) >= 11 is 3.02. The average Bonchev–Trinajstić information content (AvgIpc) is 2.79. The van der Waals surface area contributed by atoms with E-state index in [0.29, 0.717) is 0 Å². The number of alkyl halides is 3. The summed E-state index contributed by atoms with van der Waals surface area (Å²) in [7, 11) is 1.40. The van der Waals surface area contributed by atoms with Gasteiger partial charge in [0.05, 0.1) is 10.7 Å². The Hall–Kier alpha value is -1.55. The standard InChI is InChI=1S/C10H10BrF3N4O2/c1-5-3-9(20,10(12,13)14)18(16-5)8(19)7-6(11)4-15-17(7)2/h4,16,20H,1,3H2,2H3. The van der Waals surface area contributed by atoms with Crippen molar-refractivity contribution in [2.45, 2.75) is 18.3 Å². The molecule has 1 unspecified atom stereocenters. The molecule has 0 radical (unpaired) electrons. The van der Waals surface area contributed by atoms with Crippen molar-refractivity contribution in [2.24, 2.45) is 7.05 Å². The van der Waals surface area contributed by atoms with Crippen LogP contribution in [0.5, 0.6) is 0 Å². The molecule has 0 aromatic carbocycles. The van der Waals surface area contributed by atoms with Crippen molar-refractivity contribution >= 4 is 21.8 Å². The number of hydrazine groups is 1. The molecular formula is C10H10BrF3N4O2. The quantitative estimate of drug-likeness (QED) is 0.797. The summed E-state index contributed by atoms with van der Waals surface area (Å²) < 4.78 is 40.4. The number of aryl methyl sites for hydroxylation is 1. The first-order valence-corrected chi connectivity index (χ1v) is 6.13. The van der Waals surface area contributed by atoms with E-state index in [1.54, 1.807) is 0 Å². The fourth-order valence-electron chi connectivity index (χ4n) is 1.87. The van der Waals surface area contributed by atoms with Gasteiger partial charge in [0.1, 0.15) is 5.69 Å². The van der Waals surface area contributed by atoms with Crippen molar-refractivity contribution in [1.82, 2.24) is 20.2 Å². The minimum Gasteiger partial charge on any atom is -0.362 e. The van der Waals surface area contributed by atoms with Gasteiger partial charge in [-0.15, -0.1) is 0 Å². The number of hydrogen-bond acceptors (Lipinski definition) is 4. The summed E-state index contributed by atoms with van der Waals surface area (Å²) in [5.74, 6) is -1.07. The third-order valence-electron chi connectivity index (χ3n) is 2.85. The highest BCUT2D eigenvalue weighted by Crippen LogP contribution is 2.41. The van der Waals surface area contributed by atoms with Crippen LogP contribution in [0.2, 0.25) is 0 Å². The zero-order chi connectivity index (χ0) is 15.3. The van der Waals surface area contributed by atoms with Gasteiger partial charge >= 0.3 is 6.18 Å². The fourth-order valence-corrected chi connectivity index (χ4v) is 2.39. The van der Waals surface area contributed by atoms with Gasteiger partial charge in [-0.05, 0) is 15.9 Å². The Morgan fingerprint density at radius 2 is 2.25 bits per heavy atom. The third kappa shape index (κ3) is 2.08. The van der Waals surface area contributed by atoms with Crippen LogP contribution in [0.25, 0.3) is 0 Å². The molecule has 1 aromatic rings. The molecule has 1 aliphatic rings. The highest BCUT2D eigenvalue weighted by atomic mass is 79.9. The zero-order valence-corrected chi connectivity index (χ0v) is 11.8. The van der Waals surface area contributed by atoms with E-state index in [-0.39, 0.29) is 20.9 Å².